The normalized spacial score (nSPS) is 11.1. The molecule has 5 nitrogen and oxygen atoms in total. The molecule has 8 heteroatoms. The fourth-order valence-electron chi connectivity index (χ4n) is 2.74. The number of carbonyl (C=O) groups is 1. The van der Waals surface area contributed by atoms with Crippen LogP contribution in [0.4, 0.5) is 10.1 Å². The highest BCUT2D eigenvalue weighted by Gasteiger charge is 2.19. The van der Waals surface area contributed by atoms with Crippen molar-refractivity contribution in [3.63, 3.8) is 0 Å². The summed E-state index contributed by atoms with van der Waals surface area (Å²) in [6.07, 6.45) is 0. The SMILES string of the molecule is CN(Cc1ccccc1F)C(=O)c1cccc(S(=O)(=O)Nc2cccc(Cl)c2)c1. The molecule has 0 aliphatic carbocycles. The summed E-state index contributed by atoms with van der Waals surface area (Å²) in [7, 11) is -2.39. The number of rotatable bonds is 6. The van der Waals surface area contributed by atoms with Gasteiger partial charge in [-0.15, -0.1) is 0 Å². The monoisotopic (exact) mass is 432 g/mol. The second-order valence-corrected chi connectivity index (χ2v) is 8.52. The van der Waals surface area contributed by atoms with Gasteiger partial charge in [0.25, 0.3) is 15.9 Å². The number of anilines is 1. The van der Waals surface area contributed by atoms with E-state index < -0.39 is 21.7 Å². The smallest absolute Gasteiger partial charge is 0.261 e. The van der Waals surface area contributed by atoms with Gasteiger partial charge in [-0.25, -0.2) is 12.8 Å². The maximum absolute atomic E-state index is 13.8. The van der Waals surface area contributed by atoms with Gasteiger partial charge in [-0.05, 0) is 42.5 Å². The summed E-state index contributed by atoms with van der Waals surface area (Å²) in [6, 6.07) is 18.1. The van der Waals surface area contributed by atoms with Crippen molar-refractivity contribution in [2.45, 2.75) is 11.4 Å². The molecule has 0 unspecified atom stereocenters. The van der Waals surface area contributed by atoms with E-state index in [1.807, 2.05) is 0 Å². The van der Waals surface area contributed by atoms with Crippen LogP contribution < -0.4 is 4.72 Å². The number of hydrogen-bond acceptors (Lipinski definition) is 3. The van der Waals surface area contributed by atoms with Gasteiger partial charge in [0, 0.05) is 29.7 Å². The van der Waals surface area contributed by atoms with Crippen LogP contribution in [-0.2, 0) is 16.6 Å². The molecule has 0 heterocycles. The number of nitrogens with zero attached hydrogens (tertiary/aromatic N) is 1. The molecule has 0 bridgehead atoms. The first-order chi connectivity index (χ1) is 13.8. The van der Waals surface area contributed by atoms with E-state index in [4.69, 9.17) is 11.6 Å². The molecular formula is C21H18ClFN2O3S. The lowest BCUT2D eigenvalue weighted by Crippen LogP contribution is -2.27. The zero-order valence-electron chi connectivity index (χ0n) is 15.5. The molecule has 0 spiro atoms. The summed E-state index contributed by atoms with van der Waals surface area (Å²) in [5.74, 6) is -0.831. The van der Waals surface area contributed by atoms with Gasteiger partial charge in [0.1, 0.15) is 5.82 Å². The highest BCUT2D eigenvalue weighted by Crippen LogP contribution is 2.21. The minimum absolute atomic E-state index is 0.0588. The van der Waals surface area contributed by atoms with Crippen LogP contribution in [0.2, 0.25) is 5.02 Å². The zero-order chi connectivity index (χ0) is 21.0. The van der Waals surface area contributed by atoms with Gasteiger partial charge in [-0.3, -0.25) is 9.52 Å². The molecule has 0 saturated heterocycles. The van der Waals surface area contributed by atoms with Gasteiger partial charge in [0.15, 0.2) is 0 Å². The third kappa shape index (κ3) is 5.13. The van der Waals surface area contributed by atoms with Gasteiger partial charge in [0.05, 0.1) is 10.6 Å². The topological polar surface area (TPSA) is 66.5 Å². The maximum atomic E-state index is 13.8. The summed E-state index contributed by atoms with van der Waals surface area (Å²) in [5.41, 5.74) is 0.860. The van der Waals surface area contributed by atoms with Crippen molar-refractivity contribution in [1.82, 2.24) is 4.90 Å². The van der Waals surface area contributed by atoms with Gasteiger partial charge < -0.3 is 4.90 Å². The van der Waals surface area contributed by atoms with E-state index in [2.05, 4.69) is 4.72 Å². The van der Waals surface area contributed by atoms with E-state index in [1.54, 1.807) is 36.4 Å². The third-order valence-electron chi connectivity index (χ3n) is 4.18. The van der Waals surface area contributed by atoms with E-state index >= 15 is 0 Å². The molecule has 0 aliphatic heterocycles. The molecule has 0 aliphatic rings. The van der Waals surface area contributed by atoms with Crippen LogP contribution in [0.5, 0.6) is 0 Å². The molecule has 3 rings (SSSR count). The maximum Gasteiger partial charge on any atom is 0.261 e. The van der Waals surface area contributed by atoms with Crippen molar-refractivity contribution in [2.75, 3.05) is 11.8 Å². The number of nitrogens with one attached hydrogen (secondary N) is 1. The quantitative estimate of drug-likeness (QED) is 0.621. The van der Waals surface area contributed by atoms with Gasteiger partial charge in [-0.1, -0.05) is 41.9 Å². The molecule has 150 valence electrons. The van der Waals surface area contributed by atoms with Crippen LogP contribution in [0.25, 0.3) is 0 Å². The van der Waals surface area contributed by atoms with E-state index in [0.717, 1.165) is 0 Å². The Bertz CT molecular complexity index is 1150. The average Bonchev–Trinajstić information content (AvgIpc) is 2.69. The third-order valence-corrected chi connectivity index (χ3v) is 5.79. The molecule has 3 aromatic rings. The first-order valence-electron chi connectivity index (χ1n) is 8.63. The highest BCUT2D eigenvalue weighted by molar-refractivity contribution is 7.92. The lowest BCUT2D eigenvalue weighted by molar-refractivity contribution is 0.0783. The summed E-state index contributed by atoms with van der Waals surface area (Å²) in [6.45, 7) is 0.0588. The van der Waals surface area contributed by atoms with Gasteiger partial charge in [0.2, 0.25) is 0 Å². The van der Waals surface area contributed by atoms with E-state index in [9.17, 15) is 17.6 Å². The van der Waals surface area contributed by atoms with Crippen molar-refractivity contribution in [1.29, 1.82) is 0 Å². The van der Waals surface area contributed by atoms with Crippen LogP contribution >= 0.6 is 11.6 Å². The first kappa shape index (κ1) is 20.8. The standard InChI is InChI=1S/C21H18ClFN2O3S/c1-25(14-16-6-2-3-11-20(16)23)21(26)15-7-4-10-19(12-15)29(27,28)24-18-9-5-8-17(22)13-18/h2-13,24H,14H2,1H3. The van der Waals surface area contributed by atoms with Crippen LogP contribution in [0.3, 0.4) is 0 Å². The molecule has 29 heavy (non-hydrogen) atoms. The Labute approximate surface area is 173 Å². The van der Waals surface area contributed by atoms with Crippen molar-refractivity contribution < 1.29 is 17.6 Å². The minimum atomic E-state index is -3.92. The minimum Gasteiger partial charge on any atom is -0.337 e. The van der Waals surface area contributed by atoms with Crippen molar-refractivity contribution >= 4 is 33.2 Å². The number of sulfonamides is 1. The Kier molecular flexibility index (Phi) is 6.20. The lowest BCUT2D eigenvalue weighted by Gasteiger charge is -2.18. The fourth-order valence-corrected chi connectivity index (χ4v) is 4.02. The summed E-state index contributed by atoms with van der Waals surface area (Å²) in [5, 5.41) is 0.392. The zero-order valence-corrected chi connectivity index (χ0v) is 17.0. The Balaban J connectivity index is 1.81. The Morgan fingerprint density at radius 2 is 1.76 bits per heavy atom. The Hall–Kier alpha value is -2.90. The number of amides is 1. The van der Waals surface area contributed by atoms with Crippen molar-refractivity contribution in [3.05, 3.63) is 94.8 Å². The first-order valence-corrected chi connectivity index (χ1v) is 10.5. The van der Waals surface area contributed by atoms with Crippen LogP contribution in [0, 0.1) is 5.82 Å². The number of benzene rings is 3. The lowest BCUT2D eigenvalue weighted by atomic mass is 10.1. The molecule has 1 N–H and O–H groups in total. The molecule has 1 amide bonds. The van der Waals surface area contributed by atoms with E-state index in [-0.39, 0.29) is 17.0 Å². The second kappa shape index (κ2) is 8.63. The molecule has 3 aromatic carbocycles. The largest absolute Gasteiger partial charge is 0.337 e. The number of hydrogen-bond donors (Lipinski definition) is 1. The second-order valence-electron chi connectivity index (χ2n) is 6.40. The predicted molar refractivity (Wildman–Crippen MR) is 111 cm³/mol. The van der Waals surface area contributed by atoms with Gasteiger partial charge in [-0.2, -0.15) is 0 Å². The molecule has 0 saturated carbocycles. The van der Waals surface area contributed by atoms with Crippen molar-refractivity contribution in [2.24, 2.45) is 0 Å². The van der Waals surface area contributed by atoms with E-state index in [0.29, 0.717) is 16.3 Å². The van der Waals surface area contributed by atoms with Gasteiger partial charge >= 0.3 is 0 Å². The summed E-state index contributed by atoms with van der Waals surface area (Å²) in [4.78, 5) is 14.0. The fraction of sp³-hybridized carbons (Fsp3) is 0.0952. The predicted octanol–water partition coefficient (Wildman–Crippen LogP) is 4.55. The number of carbonyl (C=O) groups excluding carboxylic acids is 1. The van der Waals surface area contributed by atoms with Crippen molar-refractivity contribution in [3.8, 4) is 0 Å². The molecule has 0 atom stereocenters. The molecular weight excluding hydrogens is 415 g/mol. The number of halogens is 2. The molecule has 0 aromatic heterocycles. The highest BCUT2D eigenvalue weighted by atomic mass is 35.5. The van der Waals surface area contributed by atoms with E-state index in [1.165, 1.54) is 48.3 Å². The van der Waals surface area contributed by atoms with Crippen LogP contribution in [0.15, 0.2) is 77.7 Å². The summed E-state index contributed by atoms with van der Waals surface area (Å²) < 4.78 is 41.6. The molecule has 0 fully saturated rings. The Morgan fingerprint density at radius 1 is 1.03 bits per heavy atom. The van der Waals surface area contributed by atoms with Crippen LogP contribution in [0.1, 0.15) is 15.9 Å². The average molecular weight is 433 g/mol. The van der Waals surface area contributed by atoms with Crippen LogP contribution in [-0.4, -0.2) is 26.3 Å². The Morgan fingerprint density at radius 3 is 2.48 bits per heavy atom. The molecule has 0 radical (unpaired) electrons. The summed E-state index contributed by atoms with van der Waals surface area (Å²) >= 11 is 5.89.